The van der Waals surface area contributed by atoms with Gasteiger partial charge in [0.2, 0.25) is 0 Å². The van der Waals surface area contributed by atoms with Crippen molar-refractivity contribution in [3.05, 3.63) is 29.3 Å². The molecule has 0 bridgehead atoms. The maximum Gasteiger partial charge on any atom is 0.0494 e. The third kappa shape index (κ3) is 2.95. The summed E-state index contributed by atoms with van der Waals surface area (Å²) >= 11 is 6.06. The maximum atomic E-state index is 6.06. The van der Waals surface area contributed by atoms with Crippen LogP contribution in [0.3, 0.4) is 0 Å². The van der Waals surface area contributed by atoms with E-state index in [1.54, 1.807) is 0 Å². The van der Waals surface area contributed by atoms with Crippen molar-refractivity contribution in [3.8, 4) is 0 Å². The van der Waals surface area contributed by atoms with Crippen LogP contribution in [0.1, 0.15) is 43.2 Å². The molecule has 0 spiro atoms. The molecule has 0 radical (unpaired) electrons. The summed E-state index contributed by atoms with van der Waals surface area (Å²) in [5.74, 6) is 0.605. The minimum Gasteiger partial charge on any atom is -0.371 e. The fraction of sp³-hybridized carbons (Fsp3) is 0.600. The van der Waals surface area contributed by atoms with Crippen molar-refractivity contribution in [1.82, 2.24) is 0 Å². The average molecular weight is 252 g/mol. The lowest BCUT2D eigenvalue weighted by molar-refractivity contribution is 0.427. The van der Waals surface area contributed by atoms with E-state index in [0.29, 0.717) is 11.9 Å². The molecule has 1 aliphatic carbocycles. The van der Waals surface area contributed by atoms with Gasteiger partial charge in [0, 0.05) is 24.7 Å². The van der Waals surface area contributed by atoms with Crippen LogP contribution in [0.5, 0.6) is 0 Å². The van der Waals surface area contributed by atoms with Crippen molar-refractivity contribution >= 4 is 17.3 Å². The van der Waals surface area contributed by atoms with Crippen LogP contribution in [0.15, 0.2) is 18.2 Å². The highest BCUT2D eigenvalue weighted by atomic mass is 35.5. The Labute approximate surface area is 110 Å². The lowest BCUT2D eigenvalue weighted by Crippen LogP contribution is -2.33. The normalized spacial score (nSPS) is 17.1. The number of nitrogens with zero attached hydrogens (tertiary/aromatic N) is 1. The molecule has 1 aromatic carbocycles. The van der Waals surface area contributed by atoms with E-state index < -0.39 is 0 Å². The molecule has 0 unspecified atom stereocenters. The molecule has 1 saturated carbocycles. The van der Waals surface area contributed by atoms with Crippen LogP contribution < -0.4 is 4.90 Å². The number of hydrogen-bond donors (Lipinski definition) is 0. The second-order valence-corrected chi connectivity index (χ2v) is 5.44. The highest BCUT2D eigenvalue weighted by molar-refractivity contribution is 6.17. The summed E-state index contributed by atoms with van der Waals surface area (Å²) in [4.78, 5) is 2.44. The molecule has 1 aromatic rings. The van der Waals surface area contributed by atoms with Gasteiger partial charge in [0.25, 0.3) is 0 Å². The van der Waals surface area contributed by atoms with Gasteiger partial charge in [-0.05, 0) is 31.4 Å². The predicted molar refractivity (Wildman–Crippen MR) is 76.0 cm³/mol. The van der Waals surface area contributed by atoms with E-state index in [2.05, 4.69) is 37.1 Å². The summed E-state index contributed by atoms with van der Waals surface area (Å²) < 4.78 is 0. The minimum absolute atomic E-state index is 0.605. The zero-order valence-electron chi connectivity index (χ0n) is 10.9. The molecule has 1 fully saturated rings. The van der Waals surface area contributed by atoms with E-state index in [4.69, 9.17) is 11.6 Å². The molecule has 0 saturated heterocycles. The highest BCUT2D eigenvalue weighted by Crippen LogP contribution is 2.29. The van der Waals surface area contributed by atoms with Crippen LogP contribution in [-0.2, 0) is 5.88 Å². The van der Waals surface area contributed by atoms with Gasteiger partial charge in [-0.3, -0.25) is 0 Å². The van der Waals surface area contributed by atoms with Gasteiger partial charge in [-0.25, -0.2) is 0 Å². The zero-order valence-corrected chi connectivity index (χ0v) is 11.6. The van der Waals surface area contributed by atoms with Crippen LogP contribution in [0.25, 0.3) is 0 Å². The van der Waals surface area contributed by atoms with E-state index in [-0.39, 0.29) is 0 Å². The van der Waals surface area contributed by atoms with Gasteiger partial charge in [0.05, 0.1) is 0 Å². The first-order valence-corrected chi connectivity index (χ1v) is 7.14. The Bertz CT molecular complexity index is 369. The van der Waals surface area contributed by atoms with Crippen LogP contribution in [0.2, 0.25) is 0 Å². The van der Waals surface area contributed by atoms with Gasteiger partial charge in [-0.2, -0.15) is 0 Å². The molecular weight excluding hydrogens is 230 g/mol. The lowest BCUT2D eigenvalue weighted by atomic mass is 9.93. The van der Waals surface area contributed by atoms with Crippen molar-refractivity contribution in [3.63, 3.8) is 0 Å². The molecule has 0 aliphatic heterocycles. The van der Waals surface area contributed by atoms with Crippen LogP contribution >= 0.6 is 11.6 Å². The van der Waals surface area contributed by atoms with Crippen molar-refractivity contribution in [2.24, 2.45) is 0 Å². The first-order valence-electron chi connectivity index (χ1n) is 6.60. The van der Waals surface area contributed by atoms with E-state index in [0.717, 1.165) is 0 Å². The third-order valence-corrected chi connectivity index (χ3v) is 4.17. The summed E-state index contributed by atoms with van der Waals surface area (Å²) in [6.07, 6.45) is 6.80. The number of alkyl halides is 1. The Hall–Kier alpha value is -0.690. The summed E-state index contributed by atoms with van der Waals surface area (Å²) in [6, 6.07) is 7.32. The van der Waals surface area contributed by atoms with Crippen LogP contribution in [0, 0.1) is 6.92 Å². The Kier molecular flexibility index (Phi) is 4.33. The number of hydrogen-bond acceptors (Lipinski definition) is 1. The first kappa shape index (κ1) is 12.8. The second-order valence-electron chi connectivity index (χ2n) is 5.17. The first-order chi connectivity index (χ1) is 8.22. The largest absolute Gasteiger partial charge is 0.371 e. The van der Waals surface area contributed by atoms with Crippen LogP contribution in [0.4, 0.5) is 5.69 Å². The van der Waals surface area contributed by atoms with Gasteiger partial charge in [-0.1, -0.05) is 37.0 Å². The van der Waals surface area contributed by atoms with Gasteiger partial charge in [-0.15, -0.1) is 11.6 Å². The average Bonchev–Trinajstić information content (AvgIpc) is 2.39. The highest BCUT2D eigenvalue weighted by Gasteiger charge is 2.19. The van der Waals surface area contributed by atoms with Crippen molar-refractivity contribution < 1.29 is 0 Å². The lowest BCUT2D eigenvalue weighted by Gasteiger charge is -2.34. The zero-order chi connectivity index (χ0) is 12.3. The van der Waals surface area contributed by atoms with E-state index in [9.17, 15) is 0 Å². The molecule has 1 aliphatic rings. The van der Waals surface area contributed by atoms with Crippen LogP contribution in [-0.4, -0.2) is 13.1 Å². The SMILES string of the molecule is Cc1ccc(N(C)C2CCCCC2)c(CCl)c1. The topological polar surface area (TPSA) is 3.24 Å². The molecule has 2 rings (SSSR count). The molecule has 0 atom stereocenters. The smallest absolute Gasteiger partial charge is 0.0494 e. The fourth-order valence-corrected chi connectivity index (χ4v) is 3.04. The summed E-state index contributed by atoms with van der Waals surface area (Å²) in [5.41, 5.74) is 3.87. The van der Waals surface area contributed by atoms with Gasteiger partial charge in [0.1, 0.15) is 0 Å². The Morgan fingerprint density at radius 1 is 1.24 bits per heavy atom. The molecule has 17 heavy (non-hydrogen) atoms. The molecule has 0 N–H and O–H groups in total. The Balaban J connectivity index is 2.19. The van der Waals surface area contributed by atoms with Gasteiger partial charge >= 0.3 is 0 Å². The summed E-state index contributed by atoms with van der Waals surface area (Å²) in [7, 11) is 2.22. The second kappa shape index (κ2) is 5.77. The van der Waals surface area contributed by atoms with E-state index >= 15 is 0 Å². The van der Waals surface area contributed by atoms with Gasteiger partial charge < -0.3 is 4.90 Å². The molecule has 0 aromatic heterocycles. The molecule has 2 heteroatoms. The fourth-order valence-electron chi connectivity index (χ4n) is 2.83. The number of halogens is 1. The number of aryl methyl sites for hydroxylation is 1. The third-order valence-electron chi connectivity index (χ3n) is 3.88. The minimum atomic E-state index is 0.605. The van der Waals surface area contributed by atoms with E-state index in [1.807, 2.05) is 0 Å². The van der Waals surface area contributed by atoms with Crippen molar-refractivity contribution in [2.45, 2.75) is 50.9 Å². The summed E-state index contributed by atoms with van der Waals surface area (Å²) in [6.45, 7) is 2.13. The van der Waals surface area contributed by atoms with Crippen molar-refractivity contribution in [1.29, 1.82) is 0 Å². The predicted octanol–water partition coefficient (Wildman–Crippen LogP) is 4.50. The maximum absolute atomic E-state index is 6.06. The number of anilines is 1. The Morgan fingerprint density at radius 2 is 1.94 bits per heavy atom. The quantitative estimate of drug-likeness (QED) is 0.715. The van der Waals surface area contributed by atoms with Crippen molar-refractivity contribution in [2.75, 3.05) is 11.9 Å². The molecule has 0 amide bonds. The van der Waals surface area contributed by atoms with E-state index in [1.165, 1.54) is 48.9 Å². The molecule has 94 valence electrons. The number of rotatable bonds is 3. The summed E-state index contributed by atoms with van der Waals surface area (Å²) in [5, 5.41) is 0. The van der Waals surface area contributed by atoms with Gasteiger partial charge in [0.15, 0.2) is 0 Å². The Morgan fingerprint density at radius 3 is 2.59 bits per heavy atom. The standard InChI is InChI=1S/C15H22ClN/c1-12-8-9-15(13(10-12)11-16)17(2)14-6-4-3-5-7-14/h8-10,14H,3-7,11H2,1-2H3. The monoisotopic (exact) mass is 251 g/mol. The molecular formula is C15H22ClN. The number of benzene rings is 1. The molecule has 0 heterocycles. The molecule has 1 nitrogen and oxygen atoms in total.